The van der Waals surface area contributed by atoms with Crippen molar-refractivity contribution in [3.05, 3.63) is 23.4 Å². The van der Waals surface area contributed by atoms with Crippen LogP contribution in [0.15, 0.2) is 23.4 Å². The Labute approximate surface area is 153 Å². The molecule has 0 fully saturated rings. The van der Waals surface area contributed by atoms with Crippen LogP contribution in [0.2, 0.25) is 0 Å². The van der Waals surface area contributed by atoms with Gasteiger partial charge in [0.2, 0.25) is 17.5 Å². The number of ether oxygens (including phenoxy) is 4. The van der Waals surface area contributed by atoms with Gasteiger partial charge in [0.1, 0.15) is 0 Å². The Bertz CT molecular complexity index is 737. The summed E-state index contributed by atoms with van der Waals surface area (Å²) < 4.78 is 19.9. The lowest BCUT2D eigenvalue weighted by molar-refractivity contribution is -0.193. The molecule has 0 aliphatic carbocycles. The lowest BCUT2D eigenvalue weighted by Gasteiger charge is -2.31. The molecule has 0 aromatic carbocycles. The van der Waals surface area contributed by atoms with Crippen molar-refractivity contribution in [1.29, 1.82) is 0 Å². The highest BCUT2D eigenvalue weighted by Crippen LogP contribution is 2.29. The Morgan fingerprint density at radius 2 is 1.48 bits per heavy atom. The van der Waals surface area contributed by atoms with E-state index in [1.807, 2.05) is 0 Å². The van der Waals surface area contributed by atoms with Gasteiger partial charge in [-0.1, -0.05) is 0 Å². The SMILES string of the molecule is CC(=O)NC1=C(OC(C)=O)OC(COC(C)=O)=C(OC(C)=O)N1OC(C)=O. The summed E-state index contributed by atoms with van der Waals surface area (Å²) in [6, 6.07) is 0. The van der Waals surface area contributed by atoms with Crippen LogP contribution in [-0.2, 0) is 47.8 Å². The van der Waals surface area contributed by atoms with Gasteiger partial charge in [0, 0.05) is 34.6 Å². The molecule has 12 nitrogen and oxygen atoms in total. The van der Waals surface area contributed by atoms with Crippen molar-refractivity contribution in [1.82, 2.24) is 10.4 Å². The van der Waals surface area contributed by atoms with Crippen LogP contribution in [0.25, 0.3) is 0 Å². The van der Waals surface area contributed by atoms with Crippen LogP contribution in [-0.4, -0.2) is 41.5 Å². The zero-order valence-corrected chi connectivity index (χ0v) is 15.2. The summed E-state index contributed by atoms with van der Waals surface area (Å²) in [5.41, 5.74) is 0. The van der Waals surface area contributed by atoms with Gasteiger partial charge in [0.15, 0.2) is 6.61 Å². The van der Waals surface area contributed by atoms with Crippen LogP contribution in [0.4, 0.5) is 0 Å². The molecule has 1 aliphatic rings. The first-order valence-electron chi connectivity index (χ1n) is 7.43. The lowest BCUT2D eigenvalue weighted by Crippen LogP contribution is -2.41. The smallest absolute Gasteiger partial charge is 0.339 e. The van der Waals surface area contributed by atoms with Crippen LogP contribution in [0.1, 0.15) is 34.6 Å². The topological polar surface area (TPSA) is 147 Å². The van der Waals surface area contributed by atoms with Gasteiger partial charge in [-0.2, -0.15) is 0 Å². The molecule has 0 atom stereocenters. The molecule has 1 amide bonds. The minimum atomic E-state index is -0.876. The van der Waals surface area contributed by atoms with E-state index >= 15 is 0 Å². The number of carbonyl (C=O) groups excluding carboxylic acids is 5. The average molecular weight is 386 g/mol. The monoisotopic (exact) mass is 386 g/mol. The van der Waals surface area contributed by atoms with E-state index < -0.39 is 54.0 Å². The van der Waals surface area contributed by atoms with Crippen molar-refractivity contribution in [3.63, 3.8) is 0 Å². The highest BCUT2D eigenvalue weighted by Gasteiger charge is 2.38. The fourth-order valence-electron chi connectivity index (χ4n) is 1.68. The number of hydroxylamine groups is 2. The molecule has 0 aromatic rings. The fourth-order valence-corrected chi connectivity index (χ4v) is 1.68. The summed E-state index contributed by atoms with van der Waals surface area (Å²) in [5.74, 6) is -5.81. The van der Waals surface area contributed by atoms with E-state index in [1.165, 1.54) is 0 Å². The third-order valence-electron chi connectivity index (χ3n) is 2.43. The van der Waals surface area contributed by atoms with Gasteiger partial charge in [0.05, 0.1) is 0 Å². The summed E-state index contributed by atoms with van der Waals surface area (Å²) in [5, 5.41) is 2.81. The summed E-state index contributed by atoms with van der Waals surface area (Å²) in [6.07, 6.45) is 0. The molecule has 0 aromatic heterocycles. The van der Waals surface area contributed by atoms with Crippen molar-refractivity contribution in [2.45, 2.75) is 34.6 Å². The molecule has 148 valence electrons. The molecule has 1 rings (SSSR count). The quantitative estimate of drug-likeness (QED) is 0.483. The maximum Gasteiger partial charge on any atom is 0.339 e. The molecular weight excluding hydrogens is 368 g/mol. The minimum absolute atomic E-state index is 0.341. The number of hydrogen-bond acceptors (Lipinski definition) is 11. The molecule has 0 bridgehead atoms. The second-order valence-electron chi connectivity index (χ2n) is 4.99. The largest absolute Gasteiger partial charge is 0.457 e. The predicted molar refractivity (Wildman–Crippen MR) is 82.7 cm³/mol. The third kappa shape index (κ3) is 6.68. The van der Waals surface area contributed by atoms with Crippen molar-refractivity contribution < 1.29 is 47.8 Å². The van der Waals surface area contributed by atoms with E-state index in [2.05, 4.69) is 5.32 Å². The summed E-state index contributed by atoms with van der Waals surface area (Å²) >= 11 is 0. The molecule has 0 saturated carbocycles. The van der Waals surface area contributed by atoms with E-state index in [4.69, 9.17) is 23.8 Å². The van der Waals surface area contributed by atoms with Crippen LogP contribution in [0.3, 0.4) is 0 Å². The Morgan fingerprint density at radius 1 is 0.889 bits per heavy atom. The van der Waals surface area contributed by atoms with Gasteiger partial charge in [-0.25, -0.2) is 4.79 Å². The van der Waals surface area contributed by atoms with Crippen LogP contribution in [0, 0.1) is 0 Å². The Balaban J connectivity index is 3.50. The van der Waals surface area contributed by atoms with Crippen molar-refractivity contribution in [2.24, 2.45) is 0 Å². The van der Waals surface area contributed by atoms with E-state index in [-0.39, 0.29) is 5.76 Å². The zero-order valence-electron chi connectivity index (χ0n) is 15.2. The van der Waals surface area contributed by atoms with Gasteiger partial charge < -0.3 is 29.1 Å². The van der Waals surface area contributed by atoms with Crippen molar-refractivity contribution >= 4 is 29.8 Å². The van der Waals surface area contributed by atoms with Gasteiger partial charge in [0.25, 0.3) is 5.88 Å². The number of esters is 3. The lowest BCUT2D eigenvalue weighted by atomic mass is 10.4. The Hall–Kier alpha value is -3.57. The highest BCUT2D eigenvalue weighted by atomic mass is 16.8. The maximum atomic E-state index is 11.5. The number of hydrogen-bond donors (Lipinski definition) is 1. The van der Waals surface area contributed by atoms with Crippen molar-refractivity contribution in [2.75, 3.05) is 6.61 Å². The van der Waals surface area contributed by atoms with E-state index in [9.17, 15) is 24.0 Å². The van der Waals surface area contributed by atoms with Gasteiger partial charge in [-0.05, 0) is 0 Å². The normalized spacial score (nSPS) is 13.4. The first-order valence-corrected chi connectivity index (χ1v) is 7.43. The van der Waals surface area contributed by atoms with E-state index in [0.717, 1.165) is 34.6 Å². The van der Waals surface area contributed by atoms with E-state index in [0.29, 0.717) is 5.06 Å². The van der Waals surface area contributed by atoms with Crippen LogP contribution >= 0.6 is 0 Å². The van der Waals surface area contributed by atoms with Gasteiger partial charge in [-0.3, -0.25) is 19.2 Å². The number of amides is 1. The number of nitrogens with zero attached hydrogens (tertiary/aromatic N) is 1. The third-order valence-corrected chi connectivity index (χ3v) is 2.43. The standard InChI is InChI=1S/C15H18N2O10/c1-7(18)16-13-15(25-10(4)21)26-12(6-23-8(2)19)14(24-9(3)20)17(13)27-11(5)22/h6H2,1-5H3,(H,16,18). The Morgan fingerprint density at radius 3 is 1.93 bits per heavy atom. The summed E-state index contributed by atoms with van der Waals surface area (Å²) in [6.45, 7) is 4.80. The molecule has 27 heavy (non-hydrogen) atoms. The highest BCUT2D eigenvalue weighted by molar-refractivity contribution is 5.75. The minimum Gasteiger partial charge on any atom is -0.457 e. The molecule has 1 aliphatic heterocycles. The molecule has 0 unspecified atom stereocenters. The molecule has 0 saturated heterocycles. The second kappa shape index (κ2) is 9.22. The van der Waals surface area contributed by atoms with Crippen molar-refractivity contribution in [3.8, 4) is 0 Å². The molecule has 12 heteroatoms. The molecule has 1 heterocycles. The number of carbonyl (C=O) groups is 5. The van der Waals surface area contributed by atoms with Crippen LogP contribution < -0.4 is 5.32 Å². The first-order chi connectivity index (χ1) is 12.5. The molecular formula is C15H18N2O10. The van der Waals surface area contributed by atoms with Gasteiger partial charge >= 0.3 is 29.8 Å². The second-order valence-corrected chi connectivity index (χ2v) is 4.99. The summed E-state index contributed by atoms with van der Waals surface area (Å²) in [4.78, 5) is 61.8. The summed E-state index contributed by atoms with van der Waals surface area (Å²) in [7, 11) is 0. The van der Waals surface area contributed by atoms with Crippen LogP contribution in [0.5, 0.6) is 0 Å². The fraction of sp³-hybridized carbons (Fsp3) is 0.400. The average Bonchev–Trinajstić information content (AvgIpc) is 2.49. The number of nitrogens with one attached hydrogen (secondary N) is 1. The van der Waals surface area contributed by atoms with Gasteiger partial charge in [-0.15, -0.1) is 5.06 Å². The maximum absolute atomic E-state index is 11.5. The predicted octanol–water partition coefficient (Wildman–Crippen LogP) is -0.0822. The zero-order chi connectivity index (χ0) is 20.7. The molecule has 0 spiro atoms. The number of rotatable bonds is 6. The first kappa shape index (κ1) is 21.5. The molecule has 1 N–H and O–H groups in total. The Kier molecular flexibility index (Phi) is 7.33. The molecule has 0 radical (unpaired) electrons. The van der Waals surface area contributed by atoms with E-state index in [1.54, 1.807) is 0 Å².